The second-order valence-electron chi connectivity index (χ2n) is 5.41. The van der Waals surface area contributed by atoms with E-state index in [4.69, 9.17) is 0 Å². The summed E-state index contributed by atoms with van der Waals surface area (Å²) in [6.07, 6.45) is 1.03. The van der Waals surface area contributed by atoms with Crippen molar-refractivity contribution in [1.29, 1.82) is 0 Å². The highest BCUT2D eigenvalue weighted by atomic mass is 16.2. The molecule has 3 amide bonds. The van der Waals surface area contributed by atoms with Gasteiger partial charge in [-0.05, 0) is 25.1 Å². The molecule has 0 aliphatic carbocycles. The van der Waals surface area contributed by atoms with Crippen LogP contribution in [0.15, 0.2) is 54.7 Å². The third kappa shape index (κ3) is 2.91. The molecule has 1 heterocycles. The maximum absolute atomic E-state index is 12.5. The molecule has 1 atom stereocenters. The van der Waals surface area contributed by atoms with E-state index in [9.17, 15) is 14.4 Å². The van der Waals surface area contributed by atoms with Gasteiger partial charge in [0.05, 0.1) is 11.9 Å². The molecule has 0 spiro atoms. The minimum Gasteiger partial charge on any atom is -0.322 e. The summed E-state index contributed by atoms with van der Waals surface area (Å²) in [5, 5.41) is 5.33. The molecule has 1 aliphatic heterocycles. The average Bonchev–Trinajstić information content (AvgIpc) is 2.83. The maximum atomic E-state index is 12.5. The number of nitrogens with one attached hydrogen (secondary N) is 2. The molecular formula is C18H15N3O3. The van der Waals surface area contributed by atoms with E-state index in [0.717, 1.165) is 11.8 Å². The zero-order valence-corrected chi connectivity index (χ0v) is 12.9. The fraction of sp³-hybridized carbons (Fsp3) is 0.111. The summed E-state index contributed by atoms with van der Waals surface area (Å²) in [5.74, 6) is 1.20. The van der Waals surface area contributed by atoms with Crippen molar-refractivity contribution in [2.24, 2.45) is 0 Å². The highest BCUT2D eigenvalue weighted by Gasteiger charge is 2.37. The van der Waals surface area contributed by atoms with Gasteiger partial charge in [0.2, 0.25) is 0 Å². The lowest BCUT2D eigenvalue weighted by atomic mass is 10.1. The molecule has 1 unspecified atom stereocenters. The highest BCUT2D eigenvalue weighted by Crippen LogP contribution is 2.35. The molecule has 0 aromatic heterocycles. The molecular weight excluding hydrogens is 306 g/mol. The Kier molecular flexibility index (Phi) is 4.14. The van der Waals surface area contributed by atoms with Crippen molar-refractivity contribution in [1.82, 2.24) is 5.32 Å². The number of nitrogens with zero attached hydrogens (tertiary/aromatic N) is 1. The van der Waals surface area contributed by atoms with Crippen molar-refractivity contribution < 1.29 is 14.4 Å². The van der Waals surface area contributed by atoms with Crippen LogP contribution in [0, 0.1) is 6.92 Å². The van der Waals surface area contributed by atoms with Crippen LogP contribution in [0.4, 0.5) is 16.2 Å². The molecule has 2 aromatic carbocycles. The molecule has 6 heteroatoms. The summed E-state index contributed by atoms with van der Waals surface area (Å²) in [5.41, 5.74) is 2.90. The van der Waals surface area contributed by atoms with Crippen molar-refractivity contribution in [2.45, 2.75) is 13.0 Å². The quantitative estimate of drug-likeness (QED) is 0.853. The third-order valence-electron chi connectivity index (χ3n) is 3.76. The van der Waals surface area contributed by atoms with Gasteiger partial charge < -0.3 is 10.6 Å². The van der Waals surface area contributed by atoms with Crippen molar-refractivity contribution in [3.05, 3.63) is 65.9 Å². The Labute approximate surface area is 138 Å². The van der Waals surface area contributed by atoms with Gasteiger partial charge in [0, 0.05) is 11.3 Å². The molecule has 2 N–H and O–H groups in total. The van der Waals surface area contributed by atoms with Crippen LogP contribution in [0.2, 0.25) is 0 Å². The number of urea groups is 1. The second kappa shape index (κ2) is 6.40. The Bertz CT molecular complexity index is 839. The number of fused-ring (bicyclic) bond motifs is 1. The predicted molar refractivity (Wildman–Crippen MR) is 90.3 cm³/mol. The SMILES string of the molecule is Cc1ccc(NC(=O)NC2C(=O)N(C=C=O)c3ccccc32)cc1. The molecule has 0 bridgehead atoms. The number of amides is 3. The third-order valence-corrected chi connectivity index (χ3v) is 3.76. The zero-order valence-electron chi connectivity index (χ0n) is 12.9. The van der Waals surface area contributed by atoms with Crippen LogP contribution in [-0.2, 0) is 9.59 Å². The van der Waals surface area contributed by atoms with Gasteiger partial charge in [0.1, 0.15) is 12.0 Å². The number of para-hydroxylation sites is 1. The molecule has 1 aliphatic rings. The van der Waals surface area contributed by atoms with Crippen LogP contribution in [0.5, 0.6) is 0 Å². The topological polar surface area (TPSA) is 78.5 Å². The predicted octanol–water partition coefficient (Wildman–Crippen LogP) is 2.55. The molecule has 0 fully saturated rings. The maximum Gasteiger partial charge on any atom is 0.320 e. The van der Waals surface area contributed by atoms with Gasteiger partial charge in [-0.2, -0.15) is 0 Å². The van der Waals surface area contributed by atoms with Crippen LogP contribution in [0.25, 0.3) is 0 Å². The fourth-order valence-corrected chi connectivity index (χ4v) is 2.60. The molecule has 0 saturated carbocycles. The van der Waals surface area contributed by atoms with Gasteiger partial charge in [-0.1, -0.05) is 35.9 Å². The van der Waals surface area contributed by atoms with E-state index in [1.165, 1.54) is 4.90 Å². The first-order valence-electron chi connectivity index (χ1n) is 7.37. The Hall–Kier alpha value is -3.37. The van der Waals surface area contributed by atoms with Gasteiger partial charge in [-0.25, -0.2) is 9.59 Å². The van der Waals surface area contributed by atoms with Gasteiger partial charge in [-0.3, -0.25) is 9.69 Å². The number of carbonyl (C=O) groups excluding carboxylic acids is 3. The van der Waals surface area contributed by atoms with E-state index in [1.807, 2.05) is 19.1 Å². The van der Waals surface area contributed by atoms with Crippen LogP contribution < -0.4 is 15.5 Å². The van der Waals surface area contributed by atoms with E-state index in [0.29, 0.717) is 16.9 Å². The lowest BCUT2D eigenvalue weighted by molar-refractivity contribution is -0.119. The van der Waals surface area contributed by atoms with E-state index in [2.05, 4.69) is 10.6 Å². The van der Waals surface area contributed by atoms with Crippen molar-refractivity contribution in [3.8, 4) is 0 Å². The van der Waals surface area contributed by atoms with Crippen molar-refractivity contribution in [2.75, 3.05) is 10.2 Å². The van der Waals surface area contributed by atoms with Crippen LogP contribution in [0.1, 0.15) is 17.2 Å². The number of benzene rings is 2. The van der Waals surface area contributed by atoms with E-state index < -0.39 is 18.0 Å². The smallest absolute Gasteiger partial charge is 0.320 e. The Morgan fingerprint density at radius 3 is 2.58 bits per heavy atom. The fourth-order valence-electron chi connectivity index (χ4n) is 2.60. The summed E-state index contributed by atoms with van der Waals surface area (Å²) in [4.78, 5) is 36.5. The lowest BCUT2D eigenvalue weighted by Gasteiger charge is -2.14. The van der Waals surface area contributed by atoms with Crippen LogP contribution >= 0.6 is 0 Å². The molecule has 120 valence electrons. The van der Waals surface area contributed by atoms with E-state index >= 15 is 0 Å². The second-order valence-corrected chi connectivity index (χ2v) is 5.41. The average molecular weight is 321 g/mol. The standard InChI is InChI=1S/C18H15N3O3/c1-12-6-8-13(9-7-12)19-18(24)20-16-14-4-2-3-5-15(14)21(10-11-22)17(16)23/h2-10,16H,1H3,(H2,19,20,24). The molecule has 2 aromatic rings. The van der Waals surface area contributed by atoms with Crippen molar-refractivity contribution in [3.63, 3.8) is 0 Å². The lowest BCUT2D eigenvalue weighted by Crippen LogP contribution is -2.38. The van der Waals surface area contributed by atoms with Gasteiger partial charge >= 0.3 is 6.03 Å². The van der Waals surface area contributed by atoms with Crippen molar-refractivity contribution >= 4 is 29.3 Å². The summed E-state index contributed by atoms with van der Waals surface area (Å²) in [7, 11) is 0. The minimum atomic E-state index is -0.851. The van der Waals surface area contributed by atoms with Crippen LogP contribution in [-0.4, -0.2) is 17.9 Å². The number of hydrogen-bond acceptors (Lipinski definition) is 3. The molecule has 0 saturated heterocycles. The normalized spacial score (nSPS) is 15.5. The number of aryl methyl sites for hydroxylation is 1. The minimum absolute atomic E-state index is 0.404. The van der Waals surface area contributed by atoms with Gasteiger partial charge in [0.25, 0.3) is 5.91 Å². The molecule has 24 heavy (non-hydrogen) atoms. The first kappa shape index (κ1) is 15.5. The molecule has 6 nitrogen and oxygen atoms in total. The number of rotatable bonds is 3. The summed E-state index contributed by atoms with van der Waals surface area (Å²) in [6.45, 7) is 1.95. The largest absolute Gasteiger partial charge is 0.322 e. The Morgan fingerprint density at radius 1 is 1.17 bits per heavy atom. The van der Waals surface area contributed by atoms with E-state index in [1.54, 1.807) is 42.3 Å². The number of carbonyl (C=O) groups is 2. The first-order chi connectivity index (χ1) is 11.6. The Balaban J connectivity index is 1.79. The highest BCUT2D eigenvalue weighted by molar-refractivity contribution is 6.09. The Morgan fingerprint density at radius 2 is 1.88 bits per heavy atom. The molecule has 0 radical (unpaired) electrons. The first-order valence-corrected chi connectivity index (χ1v) is 7.37. The summed E-state index contributed by atoms with van der Waals surface area (Å²) < 4.78 is 0. The molecule has 3 rings (SSSR count). The zero-order chi connectivity index (χ0) is 17.1. The number of anilines is 2. The van der Waals surface area contributed by atoms with Gasteiger partial charge in [0.15, 0.2) is 0 Å². The summed E-state index contributed by atoms with van der Waals surface area (Å²) in [6, 6.07) is 12.9. The van der Waals surface area contributed by atoms with E-state index in [-0.39, 0.29) is 0 Å². The monoisotopic (exact) mass is 321 g/mol. The number of hydrogen-bond donors (Lipinski definition) is 2. The van der Waals surface area contributed by atoms with Crippen LogP contribution in [0.3, 0.4) is 0 Å². The van der Waals surface area contributed by atoms with Gasteiger partial charge in [-0.15, -0.1) is 0 Å². The summed E-state index contributed by atoms with van der Waals surface area (Å²) >= 11 is 0.